The molecule has 1 aliphatic heterocycles. The van der Waals surface area contributed by atoms with Gasteiger partial charge in [-0.3, -0.25) is 9.69 Å². The molecule has 0 aromatic heterocycles. The summed E-state index contributed by atoms with van der Waals surface area (Å²) in [4.78, 5) is 16.1. The maximum Gasteiger partial charge on any atom is 0.306 e. The third-order valence-corrected chi connectivity index (χ3v) is 6.12. The fraction of sp³-hybridized carbons (Fsp3) is 0.682. The highest BCUT2D eigenvalue weighted by Gasteiger charge is 2.25. The van der Waals surface area contributed by atoms with Gasteiger partial charge in [0.1, 0.15) is 0 Å². The topological polar surface area (TPSA) is 55.8 Å². The Hall–Kier alpha value is -1.43. The van der Waals surface area contributed by atoms with Crippen molar-refractivity contribution in [2.75, 3.05) is 39.3 Å². The van der Waals surface area contributed by atoms with Gasteiger partial charge in [-0.05, 0) is 57.2 Å². The first-order valence-corrected chi connectivity index (χ1v) is 10.7. The van der Waals surface area contributed by atoms with Crippen LogP contribution in [-0.2, 0) is 11.3 Å². The number of hydrogen-bond donors (Lipinski definition) is 2. The zero-order valence-electron chi connectivity index (χ0n) is 16.5. The molecule has 150 valence electrons. The van der Waals surface area contributed by atoms with Crippen LogP contribution in [0, 0.1) is 5.92 Å². The molecule has 0 spiro atoms. The van der Waals surface area contributed by atoms with Crippen molar-refractivity contribution in [3.63, 3.8) is 0 Å². The van der Waals surface area contributed by atoms with E-state index < -0.39 is 5.97 Å². The highest BCUT2D eigenvalue weighted by Crippen LogP contribution is 2.24. The molecule has 3 rings (SSSR count). The van der Waals surface area contributed by atoms with E-state index in [9.17, 15) is 4.79 Å². The number of nitrogens with one attached hydrogen (secondary N) is 1. The Morgan fingerprint density at radius 3 is 2.30 bits per heavy atom. The minimum Gasteiger partial charge on any atom is -0.481 e. The molecule has 0 unspecified atom stereocenters. The number of nitrogens with zero attached hydrogens (tertiary/aromatic N) is 2. The van der Waals surface area contributed by atoms with Gasteiger partial charge >= 0.3 is 5.97 Å². The zero-order valence-corrected chi connectivity index (χ0v) is 16.5. The monoisotopic (exact) mass is 373 g/mol. The van der Waals surface area contributed by atoms with Crippen molar-refractivity contribution >= 4 is 5.97 Å². The van der Waals surface area contributed by atoms with E-state index in [1.165, 1.54) is 51.1 Å². The molecule has 5 heteroatoms. The predicted octanol–water partition coefficient (Wildman–Crippen LogP) is 2.82. The van der Waals surface area contributed by atoms with E-state index in [2.05, 4.69) is 45.4 Å². The minimum atomic E-state index is -0.614. The number of benzene rings is 1. The van der Waals surface area contributed by atoms with Gasteiger partial charge in [-0.25, -0.2) is 0 Å². The highest BCUT2D eigenvalue weighted by atomic mass is 16.4. The van der Waals surface area contributed by atoms with Crippen LogP contribution in [0.5, 0.6) is 0 Å². The van der Waals surface area contributed by atoms with Gasteiger partial charge in [0.25, 0.3) is 0 Å². The van der Waals surface area contributed by atoms with Gasteiger partial charge < -0.3 is 15.3 Å². The minimum absolute atomic E-state index is 0.108. The number of piperazine rings is 1. The summed E-state index contributed by atoms with van der Waals surface area (Å²) in [6.45, 7) is 8.03. The fourth-order valence-electron chi connectivity index (χ4n) is 4.32. The van der Waals surface area contributed by atoms with Crippen LogP contribution in [0.2, 0.25) is 0 Å². The summed E-state index contributed by atoms with van der Waals surface area (Å²) >= 11 is 0. The maximum atomic E-state index is 11.0. The van der Waals surface area contributed by atoms with Gasteiger partial charge in [-0.2, -0.15) is 0 Å². The smallest absolute Gasteiger partial charge is 0.306 e. The normalized spacial score (nSPS) is 24.7. The Morgan fingerprint density at radius 2 is 1.63 bits per heavy atom. The van der Waals surface area contributed by atoms with Crippen LogP contribution >= 0.6 is 0 Å². The molecule has 0 radical (unpaired) electrons. The summed E-state index contributed by atoms with van der Waals surface area (Å²) in [5.41, 5.74) is 1.41. The molecule has 1 aliphatic carbocycles. The lowest BCUT2D eigenvalue weighted by Crippen LogP contribution is -2.46. The van der Waals surface area contributed by atoms with Gasteiger partial charge in [-0.15, -0.1) is 0 Å². The molecule has 1 aromatic carbocycles. The molecule has 2 fully saturated rings. The van der Waals surface area contributed by atoms with Gasteiger partial charge in [0.05, 0.1) is 5.92 Å². The van der Waals surface area contributed by atoms with Crippen molar-refractivity contribution in [1.82, 2.24) is 15.1 Å². The van der Waals surface area contributed by atoms with Crippen LogP contribution in [0.1, 0.15) is 44.1 Å². The Kier molecular flexibility index (Phi) is 8.11. The van der Waals surface area contributed by atoms with Crippen LogP contribution in [0.15, 0.2) is 30.3 Å². The molecule has 0 atom stereocenters. The van der Waals surface area contributed by atoms with Crippen LogP contribution in [-0.4, -0.2) is 66.2 Å². The number of unbranched alkanes of at least 4 members (excludes halogenated alkanes) is 1. The van der Waals surface area contributed by atoms with Crippen LogP contribution in [0.3, 0.4) is 0 Å². The molecule has 1 aromatic rings. The molecular weight excluding hydrogens is 338 g/mol. The largest absolute Gasteiger partial charge is 0.481 e. The average Bonchev–Trinajstić information content (AvgIpc) is 2.70. The van der Waals surface area contributed by atoms with Crippen molar-refractivity contribution in [1.29, 1.82) is 0 Å². The molecule has 2 aliphatic rings. The first kappa shape index (κ1) is 20.3. The highest BCUT2D eigenvalue weighted by molar-refractivity contribution is 5.70. The number of carboxylic acids is 1. The van der Waals surface area contributed by atoms with E-state index in [-0.39, 0.29) is 5.92 Å². The zero-order chi connectivity index (χ0) is 18.9. The van der Waals surface area contributed by atoms with Gasteiger partial charge in [0.2, 0.25) is 0 Å². The lowest BCUT2D eigenvalue weighted by atomic mass is 9.86. The van der Waals surface area contributed by atoms with Crippen molar-refractivity contribution in [2.45, 2.75) is 51.1 Å². The Labute approximate surface area is 163 Å². The summed E-state index contributed by atoms with van der Waals surface area (Å²) in [5.74, 6) is -0.721. The molecule has 0 bridgehead atoms. The Morgan fingerprint density at radius 1 is 0.963 bits per heavy atom. The number of aliphatic carboxylic acids is 1. The predicted molar refractivity (Wildman–Crippen MR) is 109 cm³/mol. The van der Waals surface area contributed by atoms with E-state index in [0.29, 0.717) is 6.04 Å². The maximum absolute atomic E-state index is 11.0. The first-order valence-electron chi connectivity index (χ1n) is 10.7. The summed E-state index contributed by atoms with van der Waals surface area (Å²) < 4.78 is 0. The summed E-state index contributed by atoms with van der Waals surface area (Å²) in [6.07, 6.45) is 6.15. The summed E-state index contributed by atoms with van der Waals surface area (Å²) in [7, 11) is 0. The third-order valence-electron chi connectivity index (χ3n) is 6.12. The number of carbonyl (C=O) groups is 1. The van der Waals surface area contributed by atoms with E-state index >= 15 is 0 Å². The number of rotatable bonds is 9. The average molecular weight is 374 g/mol. The van der Waals surface area contributed by atoms with Gasteiger partial charge in [0, 0.05) is 38.8 Å². The van der Waals surface area contributed by atoms with Crippen LogP contribution in [0.25, 0.3) is 0 Å². The SMILES string of the molecule is O=C(O)C1CCC(NCCCCN2CCN(Cc3ccccc3)CC2)CC1. The molecule has 1 saturated carbocycles. The van der Waals surface area contributed by atoms with Gasteiger partial charge in [-0.1, -0.05) is 30.3 Å². The van der Waals surface area contributed by atoms with Crippen molar-refractivity contribution in [2.24, 2.45) is 5.92 Å². The van der Waals surface area contributed by atoms with Gasteiger partial charge in [0.15, 0.2) is 0 Å². The van der Waals surface area contributed by atoms with Crippen LogP contribution in [0.4, 0.5) is 0 Å². The second kappa shape index (κ2) is 10.8. The molecule has 1 heterocycles. The molecule has 1 saturated heterocycles. The van der Waals surface area contributed by atoms with E-state index in [1.54, 1.807) is 0 Å². The second-order valence-electron chi connectivity index (χ2n) is 8.15. The lowest BCUT2D eigenvalue weighted by Gasteiger charge is -2.34. The fourth-order valence-corrected chi connectivity index (χ4v) is 4.32. The van der Waals surface area contributed by atoms with Crippen LogP contribution < -0.4 is 5.32 Å². The Balaban J connectivity index is 1.20. The molecule has 27 heavy (non-hydrogen) atoms. The summed E-state index contributed by atoms with van der Waals surface area (Å²) in [5, 5.41) is 12.7. The number of hydrogen-bond acceptors (Lipinski definition) is 4. The van der Waals surface area contributed by atoms with Crippen molar-refractivity contribution < 1.29 is 9.90 Å². The second-order valence-corrected chi connectivity index (χ2v) is 8.15. The van der Waals surface area contributed by atoms with Crippen molar-refractivity contribution in [3.05, 3.63) is 35.9 Å². The molecule has 5 nitrogen and oxygen atoms in total. The molecular formula is C22H35N3O2. The number of carboxylic acid groups (broad SMARTS) is 1. The van der Waals surface area contributed by atoms with E-state index in [0.717, 1.165) is 38.8 Å². The van der Waals surface area contributed by atoms with E-state index in [4.69, 9.17) is 5.11 Å². The van der Waals surface area contributed by atoms with Crippen molar-refractivity contribution in [3.8, 4) is 0 Å². The standard InChI is InChI=1S/C22H35N3O2/c26-22(27)20-8-10-21(11-9-20)23-12-4-5-13-24-14-16-25(17-15-24)18-19-6-2-1-3-7-19/h1-3,6-7,20-21,23H,4-5,8-18H2,(H,26,27). The first-order chi connectivity index (χ1) is 13.2. The molecule has 0 amide bonds. The summed E-state index contributed by atoms with van der Waals surface area (Å²) in [6, 6.07) is 11.3. The Bertz CT molecular complexity index is 550. The molecule has 2 N–H and O–H groups in total. The lowest BCUT2D eigenvalue weighted by molar-refractivity contribution is -0.142. The van der Waals surface area contributed by atoms with E-state index in [1.807, 2.05) is 0 Å². The third kappa shape index (κ3) is 6.91. The quantitative estimate of drug-likeness (QED) is 0.652.